The molecule has 6 nitrogen and oxygen atoms in total. The number of carboxylic acids is 1. The molecule has 1 saturated carbocycles. The number of hydrogen-bond acceptors (Lipinski definition) is 5. The third-order valence-corrected chi connectivity index (χ3v) is 6.14. The van der Waals surface area contributed by atoms with Crippen molar-refractivity contribution < 1.29 is 18.3 Å². The molecule has 2 N–H and O–H groups in total. The van der Waals surface area contributed by atoms with Crippen LogP contribution in [0, 0.1) is 24.2 Å². The van der Waals surface area contributed by atoms with Crippen molar-refractivity contribution in [2.24, 2.45) is 5.92 Å². The second kappa shape index (κ2) is 5.52. The molecule has 0 spiro atoms. The van der Waals surface area contributed by atoms with E-state index in [2.05, 4.69) is 10.8 Å². The van der Waals surface area contributed by atoms with Crippen molar-refractivity contribution in [1.29, 1.82) is 5.26 Å². The minimum Gasteiger partial charge on any atom is -0.477 e. The highest BCUT2D eigenvalue weighted by molar-refractivity contribution is 7.89. The predicted molar refractivity (Wildman–Crippen MR) is 73.1 cm³/mol. The van der Waals surface area contributed by atoms with Gasteiger partial charge < -0.3 is 5.11 Å². The number of sulfonamides is 1. The van der Waals surface area contributed by atoms with Crippen LogP contribution < -0.4 is 4.72 Å². The van der Waals surface area contributed by atoms with Crippen LogP contribution in [0.15, 0.2) is 11.0 Å². The van der Waals surface area contributed by atoms with Crippen molar-refractivity contribution in [1.82, 2.24) is 4.72 Å². The zero-order valence-electron chi connectivity index (χ0n) is 10.8. The largest absolute Gasteiger partial charge is 0.477 e. The Hall–Kier alpha value is -1.43. The van der Waals surface area contributed by atoms with Gasteiger partial charge in [0.25, 0.3) is 0 Å². The molecule has 20 heavy (non-hydrogen) atoms. The van der Waals surface area contributed by atoms with Crippen molar-refractivity contribution >= 4 is 27.3 Å². The van der Waals surface area contributed by atoms with Crippen molar-refractivity contribution in [3.63, 3.8) is 0 Å². The maximum atomic E-state index is 12.3. The van der Waals surface area contributed by atoms with Gasteiger partial charge >= 0.3 is 5.97 Å². The molecule has 0 aromatic carbocycles. The van der Waals surface area contributed by atoms with E-state index >= 15 is 0 Å². The van der Waals surface area contributed by atoms with Crippen LogP contribution in [0.2, 0.25) is 0 Å². The Bertz CT molecular complexity index is 672. The molecule has 2 unspecified atom stereocenters. The molecule has 1 aliphatic rings. The quantitative estimate of drug-likeness (QED) is 0.880. The smallest absolute Gasteiger partial charge is 0.345 e. The van der Waals surface area contributed by atoms with E-state index in [-0.39, 0.29) is 15.7 Å². The number of aryl methyl sites for hydroxylation is 1. The first-order valence-electron chi connectivity index (χ1n) is 6.11. The van der Waals surface area contributed by atoms with E-state index in [0.717, 1.165) is 17.8 Å². The first kappa shape index (κ1) is 15.0. The molecule has 0 saturated heterocycles. The minimum absolute atomic E-state index is 0.00821. The van der Waals surface area contributed by atoms with Gasteiger partial charge in [0.2, 0.25) is 10.0 Å². The molecule has 1 fully saturated rings. The fourth-order valence-corrected chi connectivity index (χ4v) is 5.10. The highest BCUT2D eigenvalue weighted by atomic mass is 32.2. The standard InChI is InChI=1S/C12H14N2O4S2/c1-7-11(5-10(19-7)12(15)16)20(17,18)14-9-4-2-3-8(9)6-13/h5,8-9,14H,2-4H2,1H3,(H,15,16). The van der Waals surface area contributed by atoms with Gasteiger partial charge in [-0.05, 0) is 25.8 Å². The van der Waals surface area contributed by atoms with Crippen LogP contribution in [0.3, 0.4) is 0 Å². The summed E-state index contributed by atoms with van der Waals surface area (Å²) in [5, 5.41) is 17.9. The Labute approximate surface area is 121 Å². The van der Waals surface area contributed by atoms with Crippen LogP contribution in [-0.4, -0.2) is 25.5 Å². The lowest BCUT2D eigenvalue weighted by Crippen LogP contribution is -2.36. The molecule has 1 aromatic rings. The fraction of sp³-hybridized carbons (Fsp3) is 0.500. The fourth-order valence-electron chi connectivity index (χ4n) is 2.36. The summed E-state index contributed by atoms with van der Waals surface area (Å²) in [7, 11) is -3.78. The summed E-state index contributed by atoms with van der Waals surface area (Å²) in [6.45, 7) is 1.57. The van der Waals surface area contributed by atoms with Crippen LogP contribution in [0.25, 0.3) is 0 Å². The number of thiophene rings is 1. The van der Waals surface area contributed by atoms with Gasteiger partial charge in [0.05, 0.1) is 16.9 Å². The van der Waals surface area contributed by atoms with E-state index in [4.69, 9.17) is 10.4 Å². The van der Waals surface area contributed by atoms with Crippen LogP contribution in [0.1, 0.15) is 33.8 Å². The summed E-state index contributed by atoms with van der Waals surface area (Å²) >= 11 is 0.930. The molecule has 0 bridgehead atoms. The Morgan fingerprint density at radius 1 is 1.55 bits per heavy atom. The molecule has 108 valence electrons. The lowest BCUT2D eigenvalue weighted by atomic mass is 10.1. The SMILES string of the molecule is Cc1sc(C(=O)O)cc1S(=O)(=O)NC1CCCC1C#N. The summed E-state index contributed by atoms with van der Waals surface area (Å²) in [4.78, 5) is 11.3. The number of carbonyl (C=O) groups is 1. The highest BCUT2D eigenvalue weighted by Gasteiger charge is 2.32. The van der Waals surface area contributed by atoms with E-state index in [1.165, 1.54) is 6.07 Å². The van der Waals surface area contributed by atoms with Gasteiger partial charge in [-0.3, -0.25) is 0 Å². The van der Waals surface area contributed by atoms with Gasteiger partial charge in [-0.2, -0.15) is 5.26 Å². The Morgan fingerprint density at radius 3 is 2.80 bits per heavy atom. The van der Waals surface area contributed by atoms with Gasteiger partial charge in [0.15, 0.2) is 0 Å². The zero-order valence-corrected chi connectivity index (χ0v) is 12.4. The summed E-state index contributed by atoms with van der Waals surface area (Å²) in [5.74, 6) is -1.46. The van der Waals surface area contributed by atoms with Crippen LogP contribution in [-0.2, 0) is 10.0 Å². The normalized spacial score (nSPS) is 22.6. The minimum atomic E-state index is -3.78. The second-order valence-electron chi connectivity index (χ2n) is 4.73. The van der Waals surface area contributed by atoms with E-state index in [9.17, 15) is 13.2 Å². The first-order chi connectivity index (χ1) is 9.35. The topological polar surface area (TPSA) is 107 Å². The molecule has 2 atom stereocenters. The zero-order chi connectivity index (χ0) is 14.9. The Kier molecular flexibility index (Phi) is 4.13. The lowest BCUT2D eigenvalue weighted by molar-refractivity contribution is 0.0702. The maximum absolute atomic E-state index is 12.3. The van der Waals surface area contributed by atoms with Crippen LogP contribution in [0.4, 0.5) is 0 Å². The van der Waals surface area contributed by atoms with Crippen LogP contribution in [0.5, 0.6) is 0 Å². The molecule has 8 heteroatoms. The number of nitrogens with one attached hydrogen (secondary N) is 1. The van der Waals surface area contributed by atoms with Crippen molar-refractivity contribution in [3.8, 4) is 6.07 Å². The monoisotopic (exact) mass is 314 g/mol. The van der Waals surface area contributed by atoms with Gasteiger partial charge in [-0.15, -0.1) is 11.3 Å². The van der Waals surface area contributed by atoms with E-state index in [0.29, 0.717) is 17.7 Å². The lowest BCUT2D eigenvalue weighted by Gasteiger charge is -2.15. The van der Waals surface area contributed by atoms with Crippen LogP contribution >= 0.6 is 11.3 Å². The molecular formula is C12H14N2O4S2. The van der Waals surface area contributed by atoms with Crippen molar-refractivity contribution in [3.05, 3.63) is 15.8 Å². The number of nitriles is 1. The van der Waals surface area contributed by atoms with Gasteiger partial charge in [0, 0.05) is 10.9 Å². The van der Waals surface area contributed by atoms with E-state index < -0.39 is 22.0 Å². The Balaban J connectivity index is 2.27. The molecular weight excluding hydrogens is 300 g/mol. The number of hydrogen-bond donors (Lipinski definition) is 2. The van der Waals surface area contributed by atoms with Gasteiger partial charge in [0.1, 0.15) is 4.88 Å². The Morgan fingerprint density at radius 2 is 2.25 bits per heavy atom. The summed E-state index contributed by atoms with van der Waals surface area (Å²) in [5.41, 5.74) is 0. The first-order valence-corrected chi connectivity index (χ1v) is 8.41. The molecule has 0 radical (unpaired) electrons. The molecule has 0 amide bonds. The van der Waals surface area contributed by atoms with Crippen molar-refractivity contribution in [2.45, 2.75) is 37.1 Å². The molecule has 1 heterocycles. The van der Waals surface area contributed by atoms with Gasteiger partial charge in [-0.25, -0.2) is 17.9 Å². The molecule has 1 aromatic heterocycles. The predicted octanol–water partition coefficient (Wildman–Crippen LogP) is 1.73. The number of aromatic carboxylic acids is 1. The number of carboxylic acid groups (broad SMARTS) is 1. The third kappa shape index (κ3) is 2.85. The van der Waals surface area contributed by atoms with Crippen molar-refractivity contribution in [2.75, 3.05) is 0 Å². The average Bonchev–Trinajstić information content (AvgIpc) is 2.95. The van der Waals surface area contributed by atoms with E-state index in [1.54, 1.807) is 6.92 Å². The average molecular weight is 314 g/mol. The highest BCUT2D eigenvalue weighted by Crippen LogP contribution is 2.29. The second-order valence-corrected chi connectivity index (χ2v) is 7.67. The molecule has 2 rings (SSSR count). The number of rotatable bonds is 4. The number of nitrogens with zero attached hydrogens (tertiary/aromatic N) is 1. The third-order valence-electron chi connectivity index (χ3n) is 3.36. The molecule has 1 aliphatic carbocycles. The summed E-state index contributed by atoms with van der Waals surface area (Å²) in [6.07, 6.45) is 2.13. The summed E-state index contributed by atoms with van der Waals surface area (Å²) < 4.78 is 27.1. The molecule has 0 aliphatic heterocycles. The van der Waals surface area contributed by atoms with Gasteiger partial charge in [-0.1, -0.05) is 6.42 Å². The summed E-state index contributed by atoms with van der Waals surface area (Å²) in [6, 6.07) is 2.88. The van der Waals surface area contributed by atoms with E-state index in [1.807, 2.05) is 0 Å². The maximum Gasteiger partial charge on any atom is 0.345 e.